The zero-order valence-corrected chi connectivity index (χ0v) is 9.19. The van der Waals surface area contributed by atoms with Crippen molar-refractivity contribution in [2.45, 2.75) is 31.9 Å². The number of hydrogen-bond acceptors (Lipinski definition) is 4. The van der Waals surface area contributed by atoms with Crippen molar-refractivity contribution in [2.75, 3.05) is 12.3 Å². The standard InChI is InChI=1S/C10H16N4O2/c1-6-4-7(2-3-16-6)13-10(15)9-8(11)5-12-14-9/h5-7H,2-4,11H2,1H3,(H,12,14)(H,13,15). The molecule has 1 fully saturated rings. The number of rotatable bonds is 2. The Bertz CT molecular complexity index is 377. The molecule has 2 unspecified atom stereocenters. The Morgan fingerprint density at radius 1 is 1.75 bits per heavy atom. The maximum absolute atomic E-state index is 11.8. The molecule has 2 atom stereocenters. The van der Waals surface area contributed by atoms with Gasteiger partial charge in [0.15, 0.2) is 0 Å². The zero-order chi connectivity index (χ0) is 11.5. The van der Waals surface area contributed by atoms with Gasteiger partial charge in [0.2, 0.25) is 0 Å². The molecule has 4 N–H and O–H groups in total. The van der Waals surface area contributed by atoms with Crippen molar-refractivity contribution in [1.29, 1.82) is 0 Å². The molecule has 0 bridgehead atoms. The first-order valence-corrected chi connectivity index (χ1v) is 5.38. The predicted molar refractivity (Wildman–Crippen MR) is 58.9 cm³/mol. The number of carbonyl (C=O) groups is 1. The summed E-state index contributed by atoms with van der Waals surface area (Å²) < 4.78 is 5.41. The van der Waals surface area contributed by atoms with Crippen molar-refractivity contribution in [3.63, 3.8) is 0 Å². The number of anilines is 1. The summed E-state index contributed by atoms with van der Waals surface area (Å²) in [4.78, 5) is 11.8. The summed E-state index contributed by atoms with van der Waals surface area (Å²) in [6.07, 6.45) is 3.30. The van der Waals surface area contributed by atoms with E-state index in [1.807, 2.05) is 6.92 Å². The predicted octanol–water partition coefficient (Wildman–Crippen LogP) is 0.289. The number of amides is 1. The molecule has 88 valence electrons. The number of nitrogen functional groups attached to an aromatic ring is 1. The highest BCUT2D eigenvalue weighted by molar-refractivity contribution is 5.97. The minimum absolute atomic E-state index is 0.152. The van der Waals surface area contributed by atoms with Crippen molar-refractivity contribution in [3.05, 3.63) is 11.9 Å². The lowest BCUT2D eigenvalue weighted by Gasteiger charge is -2.27. The molecule has 0 spiro atoms. The summed E-state index contributed by atoms with van der Waals surface area (Å²) in [5, 5.41) is 9.23. The lowest BCUT2D eigenvalue weighted by atomic mass is 10.0. The van der Waals surface area contributed by atoms with Gasteiger partial charge in [0, 0.05) is 12.6 Å². The minimum Gasteiger partial charge on any atom is -0.396 e. The molecule has 1 aromatic heterocycles. The van der Waals surface area contributed by atoms with E-state index in [4.69, 9.17) is 10.5 Å². The zero-order valence-electron chi connectivity index (χ0n) is 9.19. The highest BCUT2D eigenvalue weighted by Crippen LogP contribution is 2.14. The van der Waals surface area contributed by atoms with Gasteiger partial charge in [-0.2, -0.15) is 5.10 Å². The third kappa shape index (κ3) is 2.33. The molecule has 2 heterocycles. The maximum Gasteiger partial charge on any atom is 0.271 e. The molecule has 0 saturated carbocycles. The van der Waals surface area contributed by atoms with E-state index >= 15 is 0 Å². The molecule has 1 aliphatic rings. The number of nitrogens with one attached hydrogen (secondary N) is 2. The van der Waals surface area contributed by atoms with Crippen molar-refractivity contribution in [3.8, 4) is 0 Å². The molecule has 6 heteroatoms. The van der Waals surface area contributed by atoms with Crippen LogP contribution in [0.4, 0.5) is 5.69 Å². The van der Waals surface area contributed by atoms with Crippen LogP contribution in [0.1, 0.15) is 30.3 Å². The van der Waals surface area contributed by atoms with Crippen LogP contribution in [0.5, 0.6) is 0 Å². The number of carbonyl (C=O) groups excluding carboxylic acids is 1. The van der Waals surface area contributed by atoms with E-state index in [2.05, 4.69) is 15.5 Å². The smallest absolute Gasteiger partial charge is 0.271 e. The van der Waals surface area contributed by atoms with Crippen molar-refractivity contribution >= 4 is 11.6 Å². The van der Waals surface area contributed by atoms with Crippen LogP contribution < -0.4 is 11.1 Å². The summed E-state index contributed by atoms with van der Waals surface area (Å²) in [5.41, 5.74) is 6.30. The fraction of sp³-hybridized carbons (Fsp3) is 0.600. The van der Waals surface area contributed by atoms with Crippen LogP contribution in [-0.4, -0.2) is 34.9 Å². The Kier molecular flexibility index (Phi) is 3.09. The average Bonchev–Trinajstić information content (AvgIpc) is 2.64. The average molecular weight is 224 g/mol. The van der Waals surface area contributed by atoms with Gasteiger partial charge in [-0.3, -0.25) is 9.89 Å². The Labute approximate surface area is 93.5 Å². The van der Waals surface area contributed by atoms with Gasteiger partial charge >= 0.3 is 0 Å². The molecule has 1 aliphatic heterocycles. The van der Waals surface area contributed by atoms with E-state index < -0.39 is 0 Å². The van der Waals surface area contributed by atoms with Gasteiger partial charge in [0.25, 0.3) is 5.91 Å². The molecule has 2 rings (SSSR count). The van der Waals surface area contributed by atoms with Crippen LogP contribution in [0.15, 0.2) is 6.20 Å². The maximum atomic E-state index is 11.8. The van der Waals surface area contributed by atoms with Crippen LogP contribution in [0.2, 0.25) is 0 Å². The summed E-state index contributed by atoms with van der Waals surface area (Å²) in [5.74, 6) is -0.200. The summed E-state index contributed by atoms with van der Waals surface area (Å²) >= 11 is 0. The number of nitrogens with zero attached hydrogens (tertiary/aromatic N) is 1. The largest absolute Gasteiger partial charge is 0.396 e. The van der Waals surface area contributed by atoms with Gasteiger partial charge in [-0.25, -0.2) is 0 Å². The fourth-order valence-electron chi connectivity index (χ4n) is 1.86. The van der Waals surface area contributed by atoms with E-state index in [-0.39, 0.29) is 18.1 Å². The highest BCUT2D eigenvalue weighted by atomic mass is 16.5. The van der Waals surface area contributed by atoms with Crippen molar-refractivity contribution < 1.29 is 9.53 Å². The summed E-state index contributed by atoms with van der Waals surface area (Å²) in [7, 11) is 0. The van der Waals surface area contributed by atoms with Crippen LogP contribution in [0, 0.1) is 0 Å². The lowest BCUT2D eigenvalue weighted by Crippen LogP contribution is -2.41. The molecule has 1 amide bonds. The van der Waals surface area contributed by atoms with Crippen LogP contribution in [0.25, 0.3) is 0 Å². The fourth-order valence-corrected chi connectivity index (χ4v) is 1.86. The number of ether oxygens (including phenoxy) is 1. The number of nitrogens with two attached hydrogens (primary N) is 1. The Hall–Kier alpha value is -1.56. The second-order valence-electron chi connectivity index (χ2n) is 4.08. The van der Waals surface area contributed by atoms with Gasteiger partial charge in [-0.1, -0.05) is 0 Å². The first kappa shape index (κ1) is 10.9. The van der Waals surface area contributed by atoms with Crippen LogP contribution >= 0.6 is 0 Å². The number of hydrogen-bond donors (Lipinski definition) is 3. The first-order valence-electron chi connectivity index (χ1n) is 5.38. The van der Waals surface area contributed by atoms with E-state index in [1.54, 1.807) is 0 Å². The third-order valence-electron chi connectivity index (χ3n) is 2.72. The number of H-pyrrole nitrogens is 1. The van der Waals surface area contributed by atoms with Gasteiger partial charge in [-0.05, 0) is 19.8 Å². The Balaban J connectivity index is 1.95. The number of aromatic amines is 1. The van der Waals surface area contributed by atoms with Crippen molar-refractivity contribution in [2.24, 2.45) is 0 Å². The molecule has 0 aliphatic carbocycles. The molecule has 16 heavy (non-hydrogen) atoms. The molecule has 0 radical (unpaired) electrons. The molecule has 1 aromatic rings. The Morgan fingerprint density at radius 3 is 3.19 bits per heavy atom. The molecule has 0 aromatic carbocycles. The van der Waals surface area contributed by atoms with Gasteiger partial charge < -0.3 is 15.8 Å². The van der Waals surface area contributed by atoms with E-state index in [9.17, 15) is 4.79 Å². The minimum atomic E-state index is -0.200. The molecular formula is C10H16N4O2. The first-order chi connectivity index (χ1) is 7.66. The second-order valence-corrected chi connectivity index (χ2v) is 4.08. The SMILES string of the molecule is CC1CC(NC(=O)c2[nH]ncc2N)CCO1. The van der Waals surface area contributed by atoms with E-state index in [1.165, 1.54) is 6.20 Å². The third-order valence-corrected chi connectivity index (χ3v) is 2.72. The highest BCUT2D eigenvalue weighted by Gasteiger charge is 2.22. The van der Waals surface area contributed by atoms with Crippen molar-refractivity contribution in [1.82, 2.24) is 15.5 Å². The summed E-state index contributed by atoms with van der Waals surface area (Å²) in [6.45, 7) is 2.69. The molecule has 6 nitrogen and oxygen atoms in total. The van der Waals surface area contributed by atoms with E-state index in [0.717, 1.165) is 12.8 Å². The van der Waals surface area contributed by atoms with Gasteiger partial charge in [0.1, 0.15) is 5.69 Å². The van der Waals surface area contributed by atoms with Gasteiger partial charge in [-0.15, -0.1) is 0 Å². The van der Waals surface area contributed by atoms with Crippen LogP contribution in [-0.2, 0) is 4.74 Å². The molecule has 1 saturated heterocycles. The Morgan fingerprint density at radius 2 is 2.56 bits per heavy atom. The van der Waals surface area contributed by atoms with Gasteiger partial charge in [0.05, 0.1) is 18.0 Å². The van der Waals surface area contributed by atoms with Crippen LogP contribution in [0.3, 0.4) is 0 Å². The number of aromatic nitrogens is 2. The quantitative estimate of drug-likeness (QED) is 0.673. The topological polar surface area (TPSA) is 93.0 Å². The summed E-state index contributed by atoms with van der Waals surface area (Å²) in [6, 6.07) is 0.152. The molecular weight excluding hydrogens is 208 g/mol. The normalized spacial score (nSPS) is 25.3. The second kappa shape index (κ2) is 4.52. The monoisotopic (exact) mass is 224 g/mol. The lowest BCUT2D eigenvalue weighted by molar-refractivity contribution is 0.0136. The van der Waals surface area contributed by atoms with E-state index in [0.29, 0.717) is 18.0 Å².